The normalized spacial score (nSPS) is 10.6. The number of rotatable bonds is 7. The van der Waals surface area contributed by atoms with Crippen LogP contribution in [0.2, 0.25) is 0 Å². The molecule has 5 nitrogen and oxygen atoms in total. The summed E-state index contributed by atoms with van der Waals surface area (Å²) in [7, 11) is 3.34. The van der Waals surface area contributed by atoms with E-state index in [9.17, 15) is 0 Å². The fourth-order valence-corrected chi connectivity index (χ4v) is 3.23. The molecule has 0 aliphatic heterocycles. The standard InChI is InChI=1S/C18H19N3O2S/c1-22-16-8-6-14(7-9-16)10-11-24-18-20-19-13-21(18)15-4-3-5-17(12-15)23-2/h3-9,12-13H,10-11H2,1-2H3. The fraction of sp³-hybridized carbons (Fsp3) is 0.222. The summed E-state index contributed by atoms with van der Waals surface area (Å²) < 4.78 is 12.4. The molecule has 1 heterocycles. The largest absolute Gasteiger partial charge is 0.497 e. The number of hydrogen-bond donors (Lipinski definition) is 0. The van der Waals surface area contributed by atoms with Gasteiger partial charge in [0.25, 0.3) is 0 Å². The summed E-state index contributed by atoms with van der Waals surface area (Å²) in [6.45, 7) is 0. The molecule has 0 spiro atoms. The van der Waals surface area contributed by atoms with Crippen LogP contribution in [0.4, 0.5) is 0 Å². The number of aromatic nitrogens is 3. The lowest BCUT2D eigenvalue weighted by Gasteiger charge is -2.08. The number of aryl methyl sites for hydroxylation is 1. The number of benzene rings is 2. The van der Waals surface area contributed by atoms with Crippen molar-refractivity contribution in [2.24, 2.45) is 0 Å². The van der Waals surface area contributed by atoms with Gasteiger partial charge in [-0.15, -0.1) is 10.2 Å². The molecule has 2 aromatic carbocycles. The van der Waals surface area contributed by atoms with Crippen LogP contribution in [-0.4, -0.2) is 34.7 Å². The van der Waals surface area contributed by atoms with Gasteiger partial charge in [-0.05, 0) is 36.2 Å². The predicted molar refractivity (Wildman–Crippen MR) is 95.3 cm³/mol. The van der Waals surface area contributed by atoms with Gasteiger partial charge in [-0.1, -0.05) is 30.0 Å². The van der Waals surface area contributed by atoms with Crippen molar-refractivity contribution in [2.45, 2.75) is 11.6 Å². The highest BCUT2D eigenvalue weighted by Gasteiger charge is 2.08. The van der Waals surface area contributed by atoms with Crippen molar-refractivity contribution in [1.29, 1.82) is 0 Å². The van der Waals surface area contributed by atoms with E-state index in [1.54, 1.807) is 32.3 Å². The minimum absolute atomic E-state index is 0.815. The Kier molecular flexibility index (Phi) is 5.38. The van der Waals surface area contributed by atoms with E-state index in [1.165, 1.54) is 5.56 Å². The second-order valence-electron chi connectivity index (χ2n) is 5.13. The average Bonchev–Trinajstić information content (AvgIpc) is 3.11. The Balaban J connectivity index is 1.64. The van der Waals surface area contributed by atoms with E-state index in [1.807, 2.05) is 41.0 Å². The van der Waals surface area contributed by atoms with Crippen molar-refractivity contribution in [1.82, 2.24) is 14.8 Å². The van der Waals surface area contributed by atoms with E-state index in [0.717, 1.165) is 34.5 Å². The van der Waals surface area contributed by atoms with E-state index >= 15 is 0 Å². The lowest BCUT2D eigenvalue weighted by atomic mass is 10.2. The lowest BCUT2D eigenvalue weighted by Crippen LogP contribution is -1.97. The third-order valence-corrected chi connectivity index (χ3v) is 4.57. The molecule has 0 N–H and O–H groups in total. The van der Waals surface area contributed by atoms with Crippen LogP contribution in [0.1, 0.15) is 5.56 Å². The Bertz CT molecular complexity index is 787. The molecule has 0 bridgehead atoms. The molecule has 0 amide bonds. The number of methoxy groups -OCH3 is 2. The van der Waals surface area contributed by atoms with Gasteiger partial charge in [0.2, 0.25) is 0 Å². The first-order chi connectivity index (χ1) is 11.8. The summed E-state index contributed by atoms with van der Waals surface area (Å²) in [4.78, 5) is 0. The molecule has 0 saturated heterocycles. The predicted octanol–water partition coefficient (Wildman–Crippen LogP) is 3.62. The van der Waals surface area contributed by atoms with Crippen LogP contribution in [0.3, 0.4) is 0 Å². The zero-order valence-electron chi connectivity index (χ0n) is 13.7. The molecule has 0 aliphatic rings. The molecule has 3 aromatic rings. The number of nitrogens with zero attached hydrogens (tertiary/aromatic N) is 3. The summed E-state index contributed by atoms with van der Waals surface area (Å²) in [5.41, 5.74) is 2.27. The molecule has 0 fully saturated rings. The first kappa shape index (κ1) is 16.4. The van der Waals surface area contributed by atoms with E-state index in [0.29, 0.717) is 0 Å². The summed E-state index contributed by atoms with van der Waals surface area (Å²) in [5.74, 6) is 2.62. The van der Waals surface area contributed by atoms with Gasteiger partial charge in [0.15, 0.2) is 5.16 Å². The SMILES string of the molecule is COc1ccc(CCSc2nncn2-c2cccc(OC)c2)cc1. The van der Waals surface area contributed by atoms with Crippen LogP contribution in [0.25, 0.3) is 5.69 Å². The van der Waals surface area contributed by atoms with Crippen LogP contribution < -0.4 is 9.47 Å². The van der Waals surface area contributed by atoms with Crippen molar-refractivity contribution in [3.05, 3.63) is 60.4 Å². The highest BCUT2D eigenvalue weighted by Crippen LogP contribution is 2.23. The smallest absolute Gasteiger partial charge is 0.195 e. The zero-order chi connectivity index (χ0) is 16.8. The van der Waals surface area contributed by atoms with Gasteiger partial charge in [-0.2, -0.15) is 0 Å². The molecule has 6 heteroatoms. The van der Waals surface area contributed by atoms with E-state index in [2.05, 4.69) is 22.3 Å². The maximum absolute atomic E-state index is 5.28. The van der Waals surface area contributed by atoms with Gasteiger partial charge in [0.05, 0.1) is 19.9 Å². The molecule has 0 radical (unpaired) electrons. The average molecular weight is 341 g/mol. The van der Waals surface area contributed by atoms with Crippen molar-refractivity contribution in [3.8, 4) is 17.2 Å². The van der Waals surface area contributed by atoms with Crippen LogP contribution in [-0.2, 0) is 6.42 Å². The van der Waals surface area contributed by atoms with E-state index in [-0.39, 0.29) is 0 Å². The first-order valence-corrected chi connectivity index (χ1v) is 8.59. The van der Waals surface area contributed by atoms with Crippen LogP contribution in [0, 0.1) is 0 Å². The fourth-order valence-electron chi connectivity index (χ4n) is 2.31. The molecular formula is C18H19N3O2S. The second kappa shape index (κ2) is 7.88. The van der Waals surface area contributed by atoms with Gasteiger partial charge in [0.1, 0.15) is 17.8 Å². The summed E-state index contributed by atoms with van der Waals surface area (Å²) >= 11 is 1.68. The molecule has 124 valence electrons. The summed E-state index contributed by atoms with van der Waals surface area (Å²) in [6.07, 6.45) is 2.68. The molecule has 0 saturated carbocycles. The van der Waals surface area contributed by atoms with Gasteiger partial charge in [-0.3, -0.25) is 4.57 Å². The zero-order valence-corrected chi connectivity index (χ0v) is 14.5. The molecule has 0 aliphatic carbocycles. The monoisotopic (exact) mass is 341 g/mol. The van der Waals surface area contributed by atoms with Crippen molar-refractivity contribution < 1.29 is 9.47 Å². The Labute approximate surface area is 145 Å². The molecule has 1 aromatic heterocycles. The molecule has 0 unspecified atom stereocenters. The van der Waals surface area contributed by atoms with Crippen molar-refractivity contribution in [3.63, 3.8) is 0 Å². The molecule has 0 atom stereocenters. The maximum Gasteiger partial charge on any atom is 0.195 e. The maximum atomic E-state index is 5.28. The van der Waals surface area contributed by atoms with Crippen LogP contribution in [0.15, 0.2) is 60.0 Å². The Morgan fingerprint density at radius 2 is 1.79 bits per heavy atom. The van der Waals surface area contributed by atoms with Gasteiger partial charge < -0.3 is 9.47 Å². The van der Waals surface area contributed by atoms with Gasteiger partial charge in [0, 0.05) is 11.8 Å². The summed E-state index contributed by atoms with van der Waals surface area (Å²) in [6, 6.07) is 16.0. The highest BCUT2D eigenvalue weighted by atomic mass is 32.2. The number of hydrogen-bond acceptors (Lipinski definition) is 5. The Morgan fingerprint density at radius 1 is 1.00 bits per heavy atom. The van der Waals surface area contributed by atoms with E-state index < -0.39 is 0 Å². The molecule has 24 heavy (non-hydrogen) atoms. The minimum Gasteiger partial charge on any atom is -0.497 e. The summed E-state index contributed by atoms with van der Waals surface area (Å²) in [5, 5.41) is 9.13. The van der Waals surface area contributed by atoms with Crippen molar-refractivity contribution >= 4 is 11.8 Å². The minimum atomic E-state index is 0.815. The van der Waals surface area contributed by atoms with Crippen LogP contribution >= 0.6 is 11.8 Å². The van der Waals surface area contributed by atoms with Gasteiger partial charge >= 0.3 is 0 Å². The topological polar surface area (TPSA) is 49.2 Å². The van der Waals surface area contributed by atoms with Crippen LogP contribution in [0.5, 0.6) is 11.5 Å². The Hall–Kier alpha value is -2.47. The van der Waals surface area contributed by atoms with Crippen molar-refractivity contribution in [2.75, 3.05) is 20.0 Å². The Morgan fingerprint density at radius 3 is 2.54 bits per heavy atom. The molecular weight excluding hydrogens is 322 g/mol. The third-order valence-electron chi connectivity index (χ3n) is 3.63. The first-order valence-electron chi connectivity index (χ1n) is 7.60. The number of thioether (sulfide) groups is 1. The number of ether oxygens (including phenoxy) is 2. The third kappa shape index (κ3) is 3.89. The van der Waals surface area contributed by atoms with E-state index in [4.69, 9.17) is 9.47 Å². The lowest BCUT2D eigenvalue weighted by molar-refractivity contribution is 0.414. The second-order valence-corrected chi connectivity index (χ2v) is 6.19. The molecule has 3 rings (SSSR count). The van der Waals surface area contributed by atoms with Gasteiger partial charge in [-0.25, -0.2) is 0 Å². The quantitative estimate of drug-likeness (QED) is 0.614. The highest BCUT2D eigenvalue weighted by molar-refractivity contribution is 7.99.